The molecule has 9 heteroatoms. The second-order valence-corrected chi connectivity index (χ2v) is 9.92. The predicted molar refractivity (Wildman–Crippen MR) is 146 cm³/mol. The number of hydrogen-bond donors (Lipinski definition) is 0. The van der Waals surface area contributed by atoms with Crippen LogP contribution >= 0.6 is 11.3 Å². The highest BCUT2D eigenvalue weighted by atomic mass is 32.1. The molecule has 0 bridgehead atoms. The highest BCUT2D eigenvalue weighted by Crippen LogP contribution is 2.35. The van der Waals surface area contributed by atoms with E-state index in [1.54, 1.807) is 61.8 Å². The van der Waals surface area contributed by atoms with Gasteiger partial charge >= 0.3 is 0 Å². The summed E-state index contributed by atoms with van der Waals surface area (Å²) in [5.41, 5.74) is 1.60. The van der Waals surface area contributed by atoms with E-state index in [1.165, 1.54) is 4.88 Å². The third-order valence-corrected chi connectivity index (χ3v) is 7.60. The Labute approximate surface area is 227 Å². The van der Waals surface area contributed by atoms with Gasteiger partial charge in [-0.05, 0) is 66.2 Å². The number of rotatable bonds is 12. The molecule has 1 atom stereocenters. The third-order valence-electron chi connectivity index (χ3n) is 6.61. The van der Waals surface area contributed by atoms with Crippen LogP contribution in [0.2, 0.25) is 0 Å². The van der Waals surface area contributed by atoms with E-state index in [2.05, 4.69) is 11.4 Å². The minimum atomic E-state index is -0.265. The fourth-order valence-electron chi connectivity index (χ4n) is 4.60. The molecule has 0 N–H and O–H groups in total. The van der Waals surface area contributed by atoms with Gasteiger partial charge in [0.2, 0.25) is 5.91 Å². The lowest BCUT2D eigenvalue weighted by Crippen LogP contribution is -2.48. The van der Waals surface area contributed by atoms with Crippen LogP contribution in [-0.4, -0.2) is 75.8 Å². The first-order valence-electron chi connectivity index (χ1n) is 12.6. The molecular formula is C29H34N2O6S. The molecule has 2 heterocycles. The molecule has 38 heavy (non-hydrogen) atoms. The normalized spacial score (nSPS) is 14.5. The van der Waals surface area contributed by atoms with Gasteiger partial charge in [-0.15, -0.1) is 11.3 Å². The molecule has 1 aliphatic heterocycles. The average Bonchev–Trinajstić information content (AvgIpc) is 3.44. The Morgan fingerprint density at radius 2 is 1.76 bits per heavy atom. The van der Waals surface area contributed by atoms with E-state index in [9.17, 15) is 9.59 Å². The van der Waals surface area contributed by atoms with Crippen molar-refractivity contribution < 1.29 is 28.5 Å². The maximum absolute atomic E-state index is 13.8. The monoisotopic (exact) mass is 538 g/mol. The number of fused-ring (bicyclic) bond motifs is 1. The van der Waals surface area contributed by atoms with Crippen LogP contribution in [0, 0.1) is 0 Å². The van der Waals surface area contributed by atoms with E-state index in [4.69, 9.17) is 18.9 Å². The highest BCUT2D eigenvalue weighted by molar-refractivity contribution is 7.10. The number of amides is 2. The summed E-state index contributed by atoms with van der Waals surface area (Å²) in [6.45, 7) is 1.72. The summed E-state index contributed by atoms with van der Waals surface area (Å²) < 4.78 is 22.0. The lowest BCUT2D eigenvalue weighted by molar-refractivity contribution is -0.135. The predicted octanol–water partition coefficient (Wildman–Crippen LogP) is 4.45. The Kier molecular flexibility index (Phi) is 9.62. The number of methoxy groups -OCH3 is 3. The quantitative estimate of drug-likeness (QED) is 0.317. The summed E-state index contributed by atoms with van der Waals surface area (Å²) in [4.78, 5) is 31.9. The van der Waals surface area contributed by atoms with E-state index < -0.39 is 0 Å². The van der Waals surface area contributed by atoms with Crippen molar-refractivity contribution in [2.24, 2.45) is 0 Å². The van der Waals surface area contributed by atoms with Crippen LogP contribution in [-0.2, 0) is 16.0 Å². The lowest BCUT2D eigenvalue weighted by Gasteiger charge is -2.37. The minimum Gasteiger partial charge on any atom is -0.497 e. The first-order chi connectivity index (χ1) is 18.5. The van der Waals surface area contributed by atoms with Crippen LogP contribution in [0.3, 0.4) is 0 Å². The van der Waals surface area contributed by atoms with Crippen LogP contribution in [0.25, 0.3) is 0 Å². The van der Waals surface area contributed by atoms with Crippen molar-refractivity contribution in [1.29, 1.82) is 0 Å². The van der Waals surface area contributed by atoms with Gasteiger partial charge in [0, 0.05) is 37.2 Å². The van der Waals surface area contributed by atoms with E-state index in [0.717, 1.165) is 12.0 Å². The lowest BCUT2D eigenvalue weighted by atomic mass is 10.00. The van der Waals surface area contributed by atoms with Gasteiger partial charge in [-0.3, -0.25) is 9.59 Å². The van der Waals surface area contributed by atoms with E-state index >= 15 is 0 Å². The number of benzene rings is 2. The second kappa shape index (κ2) is 13.3. The molecule has 1 aromatic heterocycles. The molecule has 2 aromatic carbocycles. The van der Waals surface area contributed by atoms with Gasteiger partial charge in [-0.1, -0.05) is 12.1 Å². The largest absolute Gasteiger partial charge is 0.497 e. The Bertz CT molecular complexity index is 1210. The number of ether oxygens (including phenoxy) is 4. The SMILES string of the molecule is COCCCN(CC(=O)N1CCc2sccc2C1COc1ccccc1OC)C(=O)c1ccc(OC)cc1. The van der Waals surface area contributed by atoms with Crippen LogP contribution in [0.5, 0.6) is 17.2 Å². The van der Waals surface area contributed by atoms with Crippen LogP contribution in [0.4, 0.5) is 0 Å². The average molecular weight is 539 g/mol. The van der Waals surface area contributed by atoms with Gasteiger partial charge in [0.1, 0.15) is 18.9 Å². The Morgan fingerprint density at radius 1 is 1.00 bits per heavy atom. The Balaban J connectivity index is 1.53. The van der Waals surface area contributed by atoms with Crippen molar-refractivity contribution in [3.63, 3.8) is 0 Å². The van der Waals surface area contributed by atoms with Crippen molar-refractivity contribution >= 4 is 23.2 Å². The molecule has 4 rings (SSSR count). The van der Waals surface area contributed by atoms with Crippen molar-refractivity contribution in [2.45, 2.75) is 18.9 Å². The summed E-state index contributed by atoms with van der Waals surface area (Å²) >= 11 is 1.70. The maximum atomic E-state index is 13.8. The minimum absolute atomic E-state index is 0.0286. The fourth-order valence-corrected chi connectivity index (χ4v) is 5.53. The number of hydrogen-bond acceptors (Lipinski definition) is 7. The molecule has 0 radical (unpaired) electrons. The van der Waals surface area contributed by atoms with Gasteiger partial charge in [0.15, 0.2) is 11.5 Å². The summed E-state index contributed by atoms with van der Waals surface area (Å²) in [6, 6.07) is 16.2. The number of nitrogens with zero attached hydrogens (tertiary/aromatic N) is 2. The van der Waals surface area contributed by atoms with Gasteiger partial charge < -0.3 is 28.7 Å². The molecule has 3 aromatic rings. The third kappa shape index (κ3) is 6.46. The Morgan fingerprint density at radius 3 is 2.47 bits per heavy atom. The molecule has 202 valence electrons. The smallest absolute Gasteiger partial charge is 0.254 e. The first-order valence-corrected chi connectivity index (χ1v) is 13.5. The number of carbonyl (C=O) groups excluding carboxylic acids is 2. The molecule has 1 unspecified atom stereocenters. The van der Waals surface area contributed by atoms with E-state index in [0.29, 0.717) is 48.9 Å². The van der Waals surface area contributed by atoms with Crippen molar-refractivity contribution in [3.05, 3.63) is 76.0 Å². The second-order valence-electron chi connectivity index (χ2n) is 8.92. The number of carbonyl (C=O) groups is 2. The maximum Gasteiger partial charge on any atom is 0.254 e. The molecule has 0 saturated carbocycles. The zero-order valence-corrected chi connectivity index (χ0v) is 22.9. The van der Waals surface area contributed by atoms with E-state index in [-0.39, 0.29) is 31.0 Å². The van der Waals surface area contributed by atoms with Crippen molar-refractivity contribution in [3.8, 4) is 17.2 Å². The van der Waals surface area contributed by atoms with Gasteiger partial charge in [0.05, 0.1) is 20.3 Å². The first kappa shape index (κ1) is 27.5. The molecule has 1 aliphatic rings. The van der Waals surface area contributed by atoms with Gasteiger partial charge in [-0.2, -0.15) is 0 Å². The zero-order valence-electron chi connectivity index (χ0n) is 22.1. The van der Waals surface area contributed by atoms with Crippen LogP contribution < -0.4 is 14.2 Å². The molecule has 0 fully saturated rings. The standard InChI is InChI=1S/C29H34N2O6S/c1-34-17-6-15-30(29(33)21-9-11-22(35-2)12-10-21)19-28(32)31-16-13-27-23(14-18-38-27)24(31)20-37-26-8-5-4-7-25(26)36-3/h4-5,7-12,14,18,24H,6,13,15-17,19-20H2,1-3H3. The van der Waals surface area contributed by atoms with Gasteiger partial charge in [0.25, 0.3) is 5.91 Å². The topological polar surface area (TPSA) is 77.5 Å². The molecule has 2 amide bonds. The summed E-state index contributed by atoms with van der Waals surface area (Å²) in [7, 11) is 4.81. The fraction of sp³-hybridized carbons (Fsp3) is 0.379. The van der Waals surface area contributed by atoms with Gasteiger partial charge in [-0.25, -0.2) is 0 Å². The summed E-state index contributed by atoms with van der Waals surface area (Å²) in [6.07, 6.45) is 1.40. The zero-order chi connectivity index (χ0) is 26.9. The molecule has 0 spiro atoms. The number of thiophene rings is 1. The number of para-hydroxylation sites is 2. The molecule has 8 nitrogen and oxygen atoms in total. The molecular weight excluding hydrogens is 504 g/mol. The van der Waals surface area contributed by atoms with Crippen molar-refractivity contribution in [1.82, 2.24) is 9.80 Å². The Hall–Kier alpha value is -3.56. The summed E-state index contributed by atoms with van der Waals surface area (Å²) in [5, 5.41) is 2.05. The van der Waals surface area contributed by atoms with Crippen LogP contribution in [0.15, 0.2) is 60.0 Å². The van der Waals surface area contributed by atoms with Crippen molar-refractivity contribution in [2.75, 3.05) is 54.2 Å². The van der Waals surface area contributed by atoms with Crippen LogP contribution in [0.1, 0.15) is 33.3 Å². The van der Waals surface area contributed by atoms with E-state index in [1.807, 2.05) is 29.2 Å². The molecule has 0 aliphatic carbocycles. The highest BCUT2D eigenvalue weighted by Gasteiger charge is 2.33. The molecule has 0 saturated heterocycles. The summed E-state index contributed by atoms with van der Waals surface area (Å²) in [5.74, 6) is 1.62.